The molecule has 4 heteroatoms. The second-order valence-electron chi connectivity index (χ2n) is 4.17. The zero-order valence-corrected chi connectivity index (χ0v) is 10.3. The van der Waals surface area contributed by atoms with Gasteiger partial charge in [-0.05, 0) is 23.8 Å². The maximum Gasteiger partial charge on any atom is 0.146 e. The second-order valence-corrected chi connectivity index (χ2v) is 4.17. The summed E-state index contributed by atoms with van der Waals surface area (Å²) in [4.78, 5) is 6.13. The van der Waals surface area contributed by atoms with Crippen molar-refractivity contribution in [3.05, 3.63) is 59.7 Å². The Balaban J connectivity index is 2.11. The molecule has 1 aromatic heterocycles. The SMILES string of the molecule is CN(Cc1ccc(CN)cn1)c1ccccc1F. The Labute approximate surface area is 106 Å². The lowest BCUT2D eigenvalue weighted by Gasteiger charge is -2.19. The van der Waals surface area contributed by atoms with E-state index in [1.165, 1.54) is 6.07 Å². The molecule has 3 nitrogen and oxygen atoms in total. The van der Waals surface area contributed by atoms with Crippen LogP contribution in [0.15, 0.2) is 42.6 Å². The van der Waals surface area contributed by atoms with E-state index in [0.717, 1.165) is 11.3 Å². The molecule has 0 spiro atoms. The summed E-state index contributed by atoms with van der Waals surface area (Å²) in [6.45, 7) is 1.04. The van der Waals surface area contributed by atoms with Crippen molar-refractivity contribution < 1.29 is 4.39 Å². The Morgan fingerprint density at radius 1 is 1.22 bits per heavy atom. The van der Waals surface area contributed by atoms with Gasteiger partial charge in [0.15, 0.2) is 0 Å². The van der Waals surface area contributed by atoms with Crippen LogP contribution in [0.2, 0.25) is 0 Å². The van der Waals surface area contributed by atoms with Crippen LogP contribution in [0.4, 0.5) is 10.1 Å². The fourth-order valence-corrected chi connectivity index (χ4v) is 1.76. The number of para-hydroxylation sites is 1. The van der Waals surface area contributed by atoms with Gasteiger partial charge in [-0.1, -0.05) is 18.2 Å². The van der Waals surface area contributed by atoms with E-state index in [2.05, 4.69) is 4.98 Å². The van der Waals surface area contributed by atoms with Gasteiger partial charge in [0, 0.05) is 19.8 Å². The Morgan fingerprint density at radius 3 is 2.61 bits per heavy atom. The highest BCUT2D eigenvalue weighted by Crippen LogP contribution is 2.18. The molecule has 0 unspecified atom stereocenters. The average Bonchev–Trinajstić information content (AvgIpc) is 2.40. The highest BCUT2D eigenvalue weighted by Gasteiger charge is 2.07. The smallest absolute Gasteiger partial charge is 0.146 e. The largest absolute Gasteiger partial charge is 0.366 e. The first-order valence-electron chi connectivity index (χ1n) is 5.80. The van der Waals surface area contributed by atoms with Gasteiger partial charge in [0.05, 0.1) is 17.9 Å². The number of hydrogen-bond donors (Lipinski definition) is 1. The van der Waals surface area contributed by atoms with Crippen LogP contribution < -0.4 is 10.6 Å². The third-order valence-electron chi connectivity index (χ3n) is 2.78. The fourth-order valence-electron chi connectivity index (χ4n) is 1.76. The molecule has 0 amide bonds. The average molecular weight is 245 g/mol. The molecule has 94 valence electrons. The molecule has 0 aliphatic carbocycles. The number of rotatable bonds is 4. The van der Waals surface area contributed by atoms with E-state index >= 15 is 0 Å². The van der Waals surface area contributed by atoms with Crippen molar-refractivity contribution in [2.24, 2.45) is 5.73 Å². The molecule has 1 aromatic carbocycles. The molecule has 0 radical (unpaired) electrons. The van der Waals surface area contributed by atoms with Gasteiger partial charge in [0.25, 0.3) is 0 Å². The van der Waals surface area contributed by atoms with E-state index in [4.69, 9.17) is 5.73 Å². The van der Waals surface area contributed by atoms with Crippen molar-refractivity contribution in [2.45, 2.75) is 13.1 Å². The summed E-state index contributed by atoms with van der Waals surface area (Å²) in [7, 11) is 1.84. The van der Waals surface area contributed by atoms with E-state index < -0.39 is 0 Å². The van der Waals surface area contributed by atoms with E-state index in [0.29, 0.717) is 18.8 Å². The monoisotopic (exact) mass is 245 g/mol. The van der Waals surface area contributed by atoms with Crippen molar-refractivity contribution in [2.75, 3.05) is 11.9 Å². The Kier molecular flexibility index (Phi) is 3.89. The van der Waals surface area contributed by atoms with E-state index in [1.807, 2.05) is 30.1 Å². The molecular formula is C14H16FN3. The van der Waals surface area contributed by atoms with Gasteiger partial charge < -0.3 is 10.6 Å². The van der Waals surface area contributed by atoms with Gasteiger partial charge in [-0.15, -0.1) is 0 Å². The Morgan fingerprint density at radius 2 is 2.00 bits per heavy atom. The van der Waals surface area contributed by atoms with Crippen LogP contribution >= 0.6 is 0 Å². The fraction of sp³-hybridized carbons (Fsp3) is 0.214. The van der Waals surface area contributed by atoms with Crippen molar-refractivity contribution in [3.63, 3.8) is 0 Å². The summed E-state index contributed by atoms with van der Waals surface area (Å²) >= 11 is 0. The molecule has 0 aliphatic heterocycles. The third-order valence-corrected chi connectivity index (χ3v) is 2.78. The first-order chi connectivity index (χ1) is 8.70. The molecule has 1 heterocycles. The molecule has 2 aromatic rings. The topological polar surface area (TPSA) is 42.1 Å². The van der Waals surface area contributed by atoms with Crippen LogP contribution in [0.25, 0.3) is 0 Å². The lowest BCUT2D eigenvalue weighted by atomic mass is 10.2. The zero-order valence-electron chi connectivity index (χ0n) is 10.3. The number of benzene rings is 1. The zero-order chi connectivity index (χ0) is 13.0. The molecule has 0 atom stereocenters. The number of hydrogen-bond acceptors (Lipinski definition) is 3. The van der Waals surface area contributed by atoms with Crippen molar-refractivity contribution in [1.82, 2.24) is 4.98 Å². The Bertz CT molecular complexity index is 511. The second kappa shape index (κ2) is 5.60. The van der Waals surface area contributed by atoms with Crippen molar-refractivity contribution in [3.8, 4) is 0 Å². The summed E-state index contributed by atoms with van der Waals surface area (Å²) in [6, 6.07) is 10.6. The van der Waals surface area contributed by atoms with Crippen LogP contribution in [0.3, 0.4) is 0 Å². The quantitative estimate of drug-likeness (QED) is 0.898. The predicted octanol–water partition coefficient (Wildman–Crippen LogP) is 2.32. The normalized spacial score (nSPS) is 10.4. The molecule has 0 bridgehead atoms. The molecular weight excluding hydrogens is 229 g/mol. The minimum absolute atomic E-state index is 0.224. The molecule has 0 aliphatic rings. The van der Waals surface area contributed by atoms with Crippen molar-refractivity contribution >= 4 is 5.69 Å². The van der Waals surface area contributed by atoms with Crippen LogP contribution in [0.1, 0.15) is 11.3 Å². The van der Waals surface area contributed by atoms with E-state index in [-0.39, 0.29) is 5.82 Å². The third kappa shape index (κ3) is 2.84. The molecule has 0 saturated carbocycles. The summed E-state index contributed by atoms with van der Waals surface area (Å²) in [5.74, 6) is -0.224. The Hall–Kier alpha value is -1.94. The van der Waals surface area contributed by atoms with E-state index in [1.54, 1.807) is 18.3 Å². The minimum atomic E-state index is -0.224. The van der Waals surface area contributed by atoms with Crippen LogP contribution in [0, 0.1) is 5.82 Å². The van der Waals surface area contributed by atoms with Gasteiger partial charge in [0.2, 0.25) is 0 Å². The highest BCUT2D eigenvalue weighted by molar-refractivity contribution is 5.46. The molecule has 0 fully saturated rings. The first-order valence-corrected chi connectivity index (χ1v) is 5.80. The summed E-state index contributed by atoms with van der Waals surface area (Å²) in [6.07, 6.45) is 1.75. The molecule has 2 rings (SSSR count). The number of halogens is 1. The maximum absolute atomic E-state index is 13.6. The summed E-state index contributed by atoms with van der Waals surface area (Å²) in [5, 5.41) is 0. The lowest BCUT2D eigenvalue weighted by Crippen LogP contribution is -2.18. The molecule has 18 heavy (non-hydrogen) atoms. The van der Waals surface area contributed by atoms with Gasteiger partial charge in [-0.3, -0.25) is 4.98 Å². The number of nitrogens with zero attached hydrogens (tertiary/aromatic N) is 2. The molecule has 2 N–H and O–H groups in total. The predicted molar refractivity (Wildman–Crippen MR) is 70.6 cm³/mol. The number of pyridine rings is 1. The summed E-state index contributed by atoms with van der Waals surface area (Å²) < 4.78 is 13.6. The van der Waals surface area contributed by atoms with Crippen LogP contribution in [0.5, 0.6) is 0 Å². The number of anilines is 1. The first kappa shape index (κ1) is 12.5. The van der Waals surface area contributed by atoms with Gasteiger partial charge >= 0.3 is 0 Å². The lowest BCUT2D eigenvalue weighted by molar-refractivity contribution is 0.621. The van der Waals surface area contributed by atoms with Crippen LogP contribution in [-0.4, -0.2) is 12.0 Å². The number of nitrogens with two attached hydrogens (primary N) is 1. The minimum Gasteiger partial charge on any atom is -0.366 e. The highest BCUT2D eigenvalue weighted by atomic mass is 19.1. The van der Waals surface area contributed by atoms with Crippen molar-refractivity contribution in [1.29, 1.82) is 0 Å². The number of aromatic nitrogens is 1. The summed E-state index contributed by atoms with van der Waals surface area (Å²) in [5.41, 5.74) is 7.96. The molecule has 0 saturated heterocycles. The van der Waals surface area contributed by atoms with Gasteiger partial charge in [-0.25, -0.2) is 4.39 Å². The van der Waals surface area contributed by atoms with E-state index in [9.17, 15) is 4.39 Å². The van der Waals surface area contributed by atoms with Gasteiger partial charge in [-0.2, -0.15) is 0 Å². The standard InChI is InChI=1S/C14H16FN3/c1-18(14-5-3-2-4-13(14)15)10-12-7-6-11(8-16)9-17-12/h2-7,9H,8,10,16H2,1H3. The maximum atomic E-state index is 13.6. The van der Waals surface area contributed by atoms with Crippen LogP contribution in [-0.2, 0) is 13.1 Å². The van der Waals surface area contributed by atoms with Gasteiger partial charge in [0.1, 0.15) is 5.82 Å².